The van der Waals surface area contributed by atoms with Gasteiger partial charge in [-0.3, -0.25) is 15.0 Å². The molecule has 1 aromatic heterocycles. The van der Waals surface area contributed by atoms with Gasteiger partial charge in [-0.15, -0.1) is 10.2 Å². The average molecular weight is 346 g/mol. The molecule has 1 aliphatic rings. The number of hydrogen-bond donors (Lipinski definition) is 1. The molecule has 3 atom stereocenters. The fourth-order valence-corrected chi connectivity index (χ4v) is 3.19. The predicted octanol–water partition coefficient (Wildman–Crippen LogP) is 2.80. The number of likely N-dealkylation sites (tertiary alicyclic amines) is 1. The van der Waals surface area contributed by atoms with Gasteiger partial charge in [0.15, 0.2) is 0 Å². The lowest BCUT2D eigenvalue weighted by Gasteiger charge is -2.36. The van der Waals surface area contributed by atoms with Crippen molar-refractivity contribution in [3.05, 3.63) is 40.3 Å². The van der Waals surface area contributed by atoms with Crippen molar-refractivity contribution in [2.45, 2.75) is 38.8 Å². The third kappa shape index (κ3) is 3.85. The van der Waals surface area contributed by atoms with Gasteiger partial charge in [0.2, 0.25) is 11.8 Å². The van der Waals surface area contributed by atoms with Crippen molar-refractivity contribution in [1.29, 1.82) is 0 Å². The number of non-ortho nitro benzene ring substituents is 1. The van der Waals surface area contributed by atoms with E-state index in [0.29, 0.717) is 17.3 Å². The smallest absolute Gasteiger partial charge is 0.269 e. The lowest BCUT2D eigenvalue weighted by molar-refractivity contribution is -0.384. The van der Waals surface area contributed by atoms with Crippen LogP contribution in [0.15, 0.2) is 28.7 Å². The quantitative estimate of drug-likeness (QED) is 0.655. The van der Waals surface area contributed by atoms with E-state index >= 15 is 0 Å². The van der Waals surface area contributed by atoms with Crippen molar-refractivity contribution < 1.29 is 14.4 Å². The Morgan fingerprint density at radius 2 is 2.04 bits per heavy atom. The summed E-state index contributed by atoms with van der Waals surface area (Å²) in [5, 5.41) is 28.8. The fraction of sp³-hybridized carbons (Fsp3) is 0.529. The summed E-state index contributed by atoms with van der Waals surface area (Å²) in [5.74, 6) is 1.12. The minimum absolute atomic E-state index is 0.0225. The summed E-state index contributed by atoms with van der Waals surface area (Å²) in [6, 6.07) is 6.00. The summed E-state index contributed by atoms with van der Waals surface area (Å²) >= 11 is 0. The van der Waals surface area contributed by atoms with Crippen LogP contribution in [0.2, 0.25) is 0 Å². The molecule has 3 rings (SSSR count). The molecule has 134 valence electrons. The minimum Gasteiger partial charge on any atom is -0.419 e. The minimum atomic E-state index is -0.444. The fourth-order valence-electron chi connectivity index (χ4n) is 3.19. The Morgan fingerprint density at radius 3 is 2.68 bits per heavy atom. The van der Waals surface area contributed by atoms with E-state index in [1.807, 2.05) is 13.8 Å². The monoisotopic (exact) mass is 346 g/mol. The van der Waals surface area contributed by atoms with Crippen LogP contribution in [-0.2, 0) is 0 Å². The van der Waals surface area contributed by atoms with Crippen LogP contribution in [-0.4, -0.2) is 44.3 Å². The van der Waals surface area contributed by atoms with Crippen LogP contribution < -0.4 is 0 Å². The molecule has 1 aromatic carbocycles. The van der Waals surface area contributed by atoms with Crippen LogP contribution in [0.3, 0.4) is 0 Å². The third-order valence-electron chi connectivity index (χ3n) is 4.84. The molecule has 8 nitrogen and oxygen atoms in total. The van der Waals surface area contributed by atoms with E-state index in [0.717, 1.165) is 25.9 Å². The molecular formula is C17H22N4O4. The Labute approximate surface area is 145 Å². The zero-order chi connectivity index (χ0) is 18.0. The Bertz CT molecular complexity index is 729. The van der Waals surface area contributed by atoms with E-state index in [4.69, 9.17) is 4.42 Å². The third-order valence-corrected chi connectivity index (χ3v) is 4.84. The summed E-state index contributed by atoms with van der Waals surface area (Å²) < 4.78 is 5.78. The second-order valence-corrected chi connectivity index (χ2v) is 6.56. The summed E-state index contributed by atoms with van der Waals surface area (Å²) in [4.78, 5) is 12.5. The Hall–Kier alpha value is -2.32. The second-order valence-electron chi connectivity index (χ2n) is 6.56. The summed E-state index contributed by atoms with van der Waals surface area (Å²) in [5.41, 5.74) is 0.673. The number of benzene rings is 1. The molecule has 1 fully saturated rings. The van der Waals surface area contributed by atoms with Gasteiger partial charge in [0.05, 0.1) is 17.1 Å². The van der Waals surface area contributed by atoms with Gasteiger partial charge in [0.25, 0.3) is 5.69 Å². The first-order valence-corrected chi connectivity index (χ1v) is 8.46. The van der Waals surface area contributed by atoms with Crippen molar-refractivity contribution in [3.63, 3.8) is 0 Å². The number of aromatic nitrogens is 2. The van der Waals surface area contributed by atoms with E-state index in [9.17, 15) is 15.2 Å². The number of nitro groups is 1. The van der Waals surface area contributed by atoms with Gasteiger partial charge in [-0.2, -0.15) is 0 Å². The van der Waals surface area contributed by atoms with Gasteiger partial charge in [-0.05, 0) is 51.3 Å². The molecule has 0 spiro atoms. The zero-order valence-corrected chi connectivity index (χ0v) is 14.3. The molecule has 3 unspecified atom stereocenters. The van der Waals surface area contributed by atoms with Gasteiger partial charge in [-0.25, -0.2) is 0 Å². The maximum Gasteiger partial charge on any atom is 0.269 e. The molecule has 1 aliphatic heterocycles. The summed E-state index contributed by atoms with van der Waals surface area (Å²) in [6.45, 7) is 5.57. The van der Waals surface area contributed by atoms with E-state index < -0.39 is 4.92 Å². The highest BCUT2D eigenvalue weighted by atomic mass is 16.6. The van der Waals surface area contributed by atoms with Gasteiger partial charge in [0, 0.05) is 24.2 Å². The zero-order valence-electron chi connectivity index (χ0n) is 14.3. The molecule has 0 bridgehead atoms. The Balaban J connectivity index is 1.73. The van der Waals surface area contributed by atoms with Crippen LogP contribution in [0, 0.1) is 16.0 Å². The number of nitro benzene ring substituents is 1. The van der Waals surface area contributed by atoms with Gasteiger partial charge in [0.1, 0.15) is 0 Å². The predicted molar refractivity (Wildman–Crippen MR) is 90.8 cm³/mol. The highest BCUT2D eigenvalue weighted by Gasteiger charge is 2.29. The van der Waals surface area contributed by atoms with Gasteiger partial charge < -0.3 is 9.52 Å². The molecule has 25 heavy (non-hydrogen) atoms. The normalized spacial score (nSPS) is 21.0. The molecule has 0 aliphatic carbocycles. The molecule has 1 saturated heterocycles. The number of nitrogens with zero attached hydrogens (tertiary/aromatic N) is 4. The second kappa shape index (κ2) is 7.28. The molecular weight excluding hydrogens is 324 g/mol. The summed E-state index contributed by atoms with van der Waals surface area (Å²) in [6.07, 6.45) is 1.73. The average Bonchev–Trinajstić information content (AvgIpc) is 3.11. The first kappa shape index (κ1) is 17.5. The molecule has 0 saturated carbocycles. The van der Waals surface area contributed by atoms with Crippen molar-refractivity contribution in [2.75, 3.05) is 13.1 Å². The van der Waals surface area contributed by atoms with Crippen LogP contribution in [0.25, 0.3) is 11.5 Å². The number of rotatable bonds is 5. The first-order chi connectivity index (χ1) is 12.0. The Morgan fingerprint density at radius 1 is 1.32 bits per heavy atom. The van der Waals surface area contributed by atoms with E-state index in [2.05, 4.69) is 15.1 Å². The number of piperidine rings is 1. The van der Waals surface area contributed by atoms with Crippen LogP contribution in [0.5, 0.6) is 0 Å². The Kier molecular flexibility index (Phi) is 5.10. The van der Waals surface area contributed by atoms with E-state index in [1.54, 1.807) is 12.1 Å². The largest absolute Gasteiger partial charge is 0.419 e. The molecule has 8 heteroatoms. The highest BCUT2D eigenvalue weighted by Crippen LogP contribution is 2.29. The molecule has 2 heterocycles. The standard InChI is InChI=1S/C17H22N4O4/c1-11(20-9-3-4-14(10-20)12(2)22)16-18-19-17(25-16)13-5-7-15(8-6-13)21(23)24/h5-8,11-12,14,22H,3-4,9-10H2,1-2H3. The van der Waals surface area contributed by atoms with E-state index in [-0.39, 0.29) is 23.8 Å². The van der Waals surface area contributed by atoms with Crippen LogP contribution in [0.1, 0.15) is 38.6 Å². The van der Waals surface area contributed by atoms with E-state index in [1.165, 1.54) is 12.1 Å². The molecule has 2 aromatic rings. The van der Waals surface area contributed by atoms with Crippen molar-refractivity contribution in [3.8, 4) is 11.5 Å². The number of aliphatic hydroxyl groups is 1. The highest BCUT2D eigenvalue weighted by molar-refractivity contribution is 5.55. The lowest BCUT2D eigenvalue weighted by atomic mass is 9.92. The number of aliphatic hydroxyl groups excluding tert-OH is 1. The molecule has 0 radical (unpaired) electrons. The molecule has 1 N–H and O–H groups in total. The van der Waals surface area contributed by atoms with Crippen LogP contribution in [0.4, 0.5) is 5.69 Å². The van der Waals surface area contributed by atoms with Gasteiger partial charge >= 0.3 is 0 Å². The van der Waals surface area contributed by atoms with Crippen LogP contribution >= 0.6 is 0 Å². The first-order valence-electron chi connectivity index (χ1n) is 8.46. The maximum absolute atomic E-state index is 10.7. The van der Waals surface area contributed by atoms with Gasteiger partial charge in [-0.1, -0.05) is 0 Å². The van der Waals surface area contributed by atoms with Crippen molar-refractivity contribution in [2.24, 2.45) is 5.92 Å². The molecule has 0 amide bonds. The lowest BCUT2D eigenvalue weighted by Crippen LogP contribution is -2.40. The maximum atomic E-state index is 10.7. The number of hydrogen-bond acceptors (Lipinski definition) is 7. The SMILES string of the molecule is CC(O)C1CCCN(C(C)c2nnc(-c3ccc([N+](=O)[O-])cc3)o2)C1. The van der Waals surface area contributed by atoms with Crippen molar-refractivity contribution >= 4 is 5.69 Å². The summed E-state index contributed by atoms with van der Waals surface area (Å²) in [7, 11) is 0. The topological polar surface area (TPSA) is 106 Å². The van der Waals surface area contributed by atoms with Crippen molar-refractivity contribution in [1.82, 2.24) is 15.1 Å².